The Morgan fingerprint density at radius 1 is 0.923 bits per heavy atom. The molecule has 0 fully saturated rings. The summed E-state index contributed by atoms with van der Waals surface area (Å²) in [5, 5.41) is 0. The lowest BCUT2D eigenvalue weighted by Crippen LogP contribution is -2.42. The minimum Gasteiger partial charge on any atom is -0.337 e. The maximum Gasteiger partial charge on any atom is 0.242 e. The standard InChI is InChI=1S/C21H24N2O3/c1-4-22(14-18-9-6-5-7-10-18)21(26)15-23(17(3)25)20-12-8-11-19(13-20)16(2)24/h5-13H,4,14-15H2,1-3H3. The Hall–Kier alpha value is -2.95. The molecule has 136 valence electrons. The number of nitrogens with zero attached hydrogens (tertiary/aromatic N) is 2. The molecule has 2 aromatic carbocycles. The van der Waals surface area contributed by atoms with E-state index in [0.29, 0.717) is 24.3 Å². The zero-order valence-corrected chi connectivity index (χ0v) is 15.4. The summed E-state index contributed by atoms with van der Waals surface area (Å²) in [7, 11) is 0. The summed E-state index contributed by atoms with van der Waals surface area (Å²) in [5.74, 6) is -0.462. The van der Waals surface area contributed by atoms with E-state index < -0.39 is 0 Å². The quantitative estimate of drug-likeness (QED) is 0.719. The smallest absolute Gasteiger partial charge is 0.242 e. The molecule has 0 bridgehead atoms. The van der Waals surface area contributed by atoms with Crippen molar-refractivity contribution in [2.45, 2.75) is 27.3 Å². The lowest BCUT2D eigenvalue weighted by molar-refractivity contribution is -0.131. The fourth-order valence-corrected chi connectivity index (χ4v) is 2.69. The summed E-state index contributed by atoms with van der Waals surface area (Å²) in [4.78, 5) is 39.6. The van der Waals surface area contributed by atoms with E-state index in [2.05, 4.69) is 0 Å². The molecule has 0 unspecified atom stereocenters. The van der Waals surface area contributed by atoms with Gasteiger partial charge in [0.1, 0.15) is 6.54 Å². The van der Waals surface area contributed by atoms with Crippen LogP contribution in [0.1, 0.15) is 36.7 Å². The minimum atomic E-state index is -0.241. The molecule has 0 radical (unpaired) electrons. The molecule has 0 aliphatic heterocycles. The first kappa shape index (κ1) is 19.4. The second kappa shape index (κ2) is 8.94. The number of carbonyl (C=O) groups is 3. The van der Waals surface area contributed by atoms with E-state index in [1.807, 2.05) is 37.3 Å². The number of Topliss-reactive ketones (excluding diaryl/α,β-unsaturated/α-hetero) is 1. The van der Waals surface area contributed by atoms with Crippen molar-refractivity contribution in [2.75, 3.05) is 18.0 Å². The Morgan fingerprint density at radius 3 is 2.19 bits per heavy atom. The van der Waals surface area contributed by atoms with E-state index >= 15 is 0 Å². The molecule has 0 aromatic heterocycles. The summed E-state index contributed by atoms with van der Waals surface area (Å²) in [5.41, 5.74) is 2.10. The normalized spacial score (nSPS) is 10.3. The van der Waals surface area contributed by atoms with Gasteiger partial charge in [0.15, 0.2) is 5.78 Å². The van der Waals surface area contributed by atoms with Crippen molar-refractivity contribution >= 4 is 23.3 Å². The third-order valence-corrected chi connectivity index (χ3v) is 4.19. The molecular weight excluding hydrogens is 328 g/mol. The number of hydrogen-bond donors (Lipinski definition) is 0. The third-order valence-electron chi connectivity index (χ3n) is 4.19. The van der Waals surface area contributed by atoms with Gasteiger partial charge in [0, 0.05) is 31.3 Å². The Bertz CT molecular complexity index is 787. The van der Waals surface area contributed by atoms with E-state index in [1.54, 1.807) is 29.2 Å². The van der Waals surface area contributed by atoms with Gasteiger partial charge >= 0.3 is 0 Å². The Balaban J connectivity index is 2.18. The average Bonchev–Trinajstić information content (AvgIpc) is 2.64. The molecule has 2 amide bonds. The van der Waals surface area contributed by atoms with Crippen LogP contribution in [0.4, 0.5) is 5.69 Å². The van der Waals surface area contributed by atoms with Crippen molar-refractivity contribution in [2.24, 2.45) is 0 Å². The molecular formula is C21H24N2O3. The highest BCUT2D eigenvalue weighted by molar-refractivity contribution is 6.00. The van der Waals surface area contributed by atoms with Crippen molar-refractivity contribution in [3.05, 3.63) is 65.7 Å². The second-order valence-corrected chi connectivity index (χ2v) is 6.11. The van der Waals surface area contributed by atoms with Crippen LogP contribution in [0.2, 0.25) is 0 Å². The first-order valence-electron chi connectivity index (χ1n) is 8.63. The largest absolute Gasteiger partial charge is 0.337 e. The first-order valence-corrected chi connectivity index (χ1v) is 8.63. The summed E-state index contributed by atoms with van der Waals surface area (Å²) < 4.78 is 0. The second-order valence-electron chi connectivity index (χ2n) is 6.11. The predicted octanol–water partition coefficient (Wildman–Crippen LogP) is 3.29. The monoisotopic (exact) mass is 352 g/mol. The van der Waals surface area contributed by atoms with Gasteiger partial charge in [-0.3, -0.25) is 14.4 Å². The highest BCUT2D eigenvalue weighted by Gasteiger charge is 2.20. The number of hydrogen-bond acceptors (Lipinski definition) is 3. The SMILES string of the molecule is CCN(Cc1ccccc1)C(=O)CN(C(C)=O)c1cccc(C(C)=O)c1. The number of anilines is 1. The molecule has 2 aromatic rings. The highest BCUT2D eigenvalue weighted by Crippen LogP contribution is 2.18. The van der Waals surface area contributed by atoms with Crippen LogP contribution in [0.5, 0.6) is 0 Å². The molecule has 0 N–H and O–H groups in total. The summed E-state index contributed by atoms with van der Waals surface area (Å²) in [6.07, 6.45) is 0. The van der Waals surface area contributed by atoms with Crippen LogP contribution >= 0.6 is 0 Å². The van der Waals surface area contributed by atoms with Crippen LogP contribution in [-0.4, -0.2) is 35.6 Å². The predicted molar refractivity (Wildman–Crippen MR) is 102 cm³/mol. The molecule has 0 aliphatic rings. The molecule has 0 heterocycles. The molecule has 0 aliphatic carbocycles. The Labute approximate surface area is 154 Å². The molecule has 5 nitrogen and oxygen atoms in total. The number of likely N-dealkylation sites (N-methyl/N-ethyl adjacent to an activating group) is 1. The van der Waals surface area contributed by atoms with Crippen LogP contribution in [0.15, 0.2) is 54.6 Å². The Kier molecular flexibility index (Phi) is 6.67. The highest BCUT2D eigenvalue weighted by atomic mass is 16.2. The molecule has 0 saturated carbocycles. The average molecular weight is 352 g/mol. The van der Waals surface area contributed by atoms with E-state index in [9.17, 15) is 14.4 Å². The van der Waals surface area contributed by atoms with Crippen molar-refractivity contribution < 1.29 is 14.4 Å². The fraction of sp³-hybridized carbons (Fsp3) is 0.286. The van der Waals surface area contributed by atoms with Crippen LogP contribution in [0, 0.1) is 0 Å². The van der Waals surface area contributed by atoms with Gasteiger partial charge in [-0.15, -0.1) is 0 Å². The van der Waals surface area contributed by atoms with Crippen molar-refractivity contribution in [3.63, 3.8) is 0 Å². The molecule has 0 spiro atoms. The maximum absolute atomic E-state index is 12.8. The van der Waals surface area contributed by atoms with Gasteiger partial charge in [0.25, 0.3) is 0 Å². The van der Waals surface area contributed by atoms with Crippen molar-refractivity contribution in [1.29, 1.82) is 0 Å². The number of amides is 2. The number of rotatable bonds is 7. The van der Waals surface area contributed by atoms with Gasteiger partial charge in [-0.05, 0) is 31.5 Å². The minimum absolute atomic E-state index is 0.0582. The van der Waals surface area contributed by atoms with Crippen LogP contribution in [0.25, 0.3) is 0 Å². The molecule has 26 heavy (non-hydrogen) atoms. The van der Waals surface area contributed by atoms with Gasteiger partial charge in [0.05, 0.1) is 0 Å². The zero-order chi connectivity index (χ0) is 19.1. The van der Waals surface area contributed by atoms with E-state index in [0.717, 1.165) is 5.56 Å². The summed E-state index contributed by atoms with van der Waals surface area (Å²) >= 11 is 0. The van der Waals surface area contributed by atoms with Gasteiger partial charge in [-0.1, -0.05) is 42.5 Å². The molecule has 0 atom stereocenters. The molecule has 5 heteroatoms. The van der Waals surface area contributed by atoms with Gasteiger partial charge in [-0.25, -0.2) is 0 Å². The van der Waals surface area contributed by atoms with Crippen LogP contribution < -0.4 is 4.90 Å². The number of carbonyl (C=O) groups excluding carboxylic acids is 3. The van der Waals surface area contributed by atoms with Gasteiger partial charge in [-0.2, -0.15) is 0 Å². The van der Waals surface area contributed by atoms with Crippen molar-refractivity contribution in [3.8, 4) is 0 Å². The molecule has 0 saturated heterocycles. The van der Waals surface area contributed by atoms with Crippen LogP contribution in [0.3, 0.4) is 0 Å². The summed E-state index contributed by atoms with van der Waals surface area (Å²) in [6, 6.07) is 16.5. The zero-order valence-electron chi connectivity index (χ0n) is 15.4. The lowest BCUT2D eigenvalue weighted by atomic mass is 10.1. The van der Waals surface area contributed by atoms with Gasteiger partial charge < -0.3 is 9.80 Å². The fourth-order valence-electron chi connectivity index (χ4n) is 2.69. The van der Waals surface area contributed by atoms with E-state index in [4.69, 9.17) is 0 Å². The maximum atomic E-state index is 12.8. The first-order chi connectivity index (χ1) is 12.4. The van der Waals surface area contributed by atoms with Gasteiger partial charge in [0.2, 0.25) is 11.8 Å². The topological polar surface area (TPSA) is 57.7 Å². The summed E-state index contributed by atoms with van der Waals surface area (Å²) in [6.45, 7) is 5.79. The third kappa shape index (κ3) is 5.02. The lowest BCUT2D eigenvalue weighted by Gasteiger charge is -2.26. The number of ketones is 1. The van der Waals surface area contributed by atoms with Crippen molar-refractivity contribution in [1.82, 2.24) is 4.90 Å². The molecule has 2 rings (SSSR count). The number of benzene rings is 2. The van der Waals surface area contributed by atoms with E-state index in [-0.39, 0.29) is 24.1 Å². The van der Waals surface area contributed by atoms with E-state index in [1.165, 1.54) is 18.7 Å². The Morgan fingerprint density at radius 2 is 1.62 bits per heavy atom. The van der Waals surface area contributed by atoms with Crippen LogP contribution in [-0.2, 0) is 16.1 Å².